The number of nitrogens with zero attached hydrogens (tertiary/aromatic N) is 3. The van der Waals surface area contributed by atoms with Crippen LogP contribution in [0, 0.1) is 38.2 Å². The molecule has 0 amide bonds. The zero-order chi connectivity index (χ0) is 13.2. The zero-order valence-electron chi connectivity index (χ0n) is 9.56. The van der Waals surface area contributed by atoms with Gasteiger partial charge in [0.2, 0.25) is 5.78 Å². The molecule has 0 aromatic carbocycles. The minimum atomic E-state index is -1.53. The van der Waals surface area contributed by atoms with Gasteiger partial charge in [-0.1, -0.05) is 13.8 Å². The van der Waals surface area contributed by atoms with E-state index in [1.54, 1.807) is 26.0 Å². The summed E-state index contributed by atoms with van der Waals surface area (Å²) in [4.78, 5) is 21.8. The van der Waals surface area contributed by atoms with Crippen molar-refractivity contribution in [1.82, 2.24) is 0 Å². The van der Waals surface area contributed by atoms with Crippen LogP contribution in [0.15, 0.2) is 11.1 Å². The summed E-state index contributed by atoms with van der Waals surface area (Å²) in [7, 11) is 0. The lowest BCUT2D eigenvalue weighted by molar-refractivity contribution is -0.499. The number of nitriles is 2. The number of hydrogen-bond acceptors (Lipinski definition) is 5. The Labute approximate surface area is 98.3 Å². The minimum Gasteiger partial charge on any atom is -0.292 e. The Morgan fingerprint density at radius 1 is 1.41 bits per heavy atom. The fourth-order valence-electron chi connectivity index (χ4n) is 2.08. The molecule has 6 heteroatoms. The van der Waals surface area contributed by atoms with E-state index in [4.69, 9.17) is 10.5 Å². The van der Waals surface area contributed by atoms with E-state index in [9.17, 15) is 14.9 Å². The van der Waals surface area contributed by atoms with E-state index in [0.29, 0.717) is 0 Å². The SMILES string of the molecule is CC1(C)CC(=O)C([N+](=O)[O-])C(=C(C#N)C#N)C1. The largest absolute Gasteiger partial charge is 0.293 e. The third-order valence-electron chi connectivity index (χ3n) is 2.71. The van der Waals surface area contributed by atoms with Crippen LogP contribution < -0.4 is 0 Å². The van der Waals surface area contributed by atoms with Crippen molar-refractivity contribution in [3.8, 4) is 12.1 Å². The van der Waals surface area contributed by atoms with Gasteiger partial charge in [0.25, 0.3) is 6.04 Å². The van der Waals surface area contributed by atoms with Crippen LogP contribution in [0.3, 0.4) is 0 Å². The fourth-order valence-corrected chi connectivity index (χ4v) is 2.08. The molecule has 88 valence electrons. The van der Waals surface area contributed by atoms with Crippen molar-refractivity contribution < 1.29 is 9.72 Å². The normalized spacial score (nSPS) is 22.5. The van der Waals surface area contributed by atoms with E-state index in [-0.39, 0.29) is 24.0 Å². The number of Topliss-reactive ketones (excluding diaryl/α,β-unsaturated/α-hetero) is 1. The molecule has 0 heterocycles. The summed E-state index contributed by atoms with van der Waals surface area (Å²) < 4.78 is 0. The summed E-state index contributed by atoms with van der Waals surface area (Å²) in [5.74, 6) is -0.538. The van der Waals surface area contributed by atoms with Crippen molar-refractivity contribution in [2.75, 3.05) is 0 Å². The Morgan fingerprint density at radius 2 is 1.94 bits per heavy atom. The zero-order valence-corrected chi connectivity index (χ0v) is 9.56. The van der Waals surface area contributed by atoms with E-state index < -0.39 is 22.2 Å². The molecular formula is C11H11N3O3. The number of carbonyl (C=O) groups excluding carboxylic acids is 1. The number of ketones is 1. The van der Waals surface area contributed by atoms with E-state index >= 15 is 0 Å². The maximum atomic E-state index is 11.7. The van der Waals surface area contributed by atoms with Gasteiger partial charge in [-0.15, -0.1) is 0 Å². The number of allylic oxidation sites excluding steroid dienone is 1. The molecule has 0 radical (unpaired) electrons. The van der Waals surface area contributed by atoms with Crippen molar-refractivity contribution in [3.05, 3.63) is 21.3 Å². The first-order valence-corrected chi connectivity index (χ1v) is 5.02. The molecule has 0 aromatic heterocycles. The van der Waals surface area contributed by atoms with Gasteiger partial charge >= 0.3 is 0 Å². The molecule has 17 heavy (non-hydrogen) atoms. The first-order chi connectivity index (χ1) is 7.82. The monoisotopic (exact) mass is 233 g/mol. The molecular weight excluding hydrogens is 222 g/mol. The van der Waals surface area contributed by atoms with Gasteiger partial charge < -0.3 is 0 Å². The van der Waals surface area contributed by atoms with Gasteiger partial charge in [-0.05, 0) is 11.8 Å². The van der Waals surface area contributed by atoms with Gasteiger partial charge in [0.1, 0.15) is 17.7 Å². The molecule has 1 atom stereocenters. The Hall–Kier alpha value is -2.21. The Morgan fingerprint density at radius 3 is 2.35 bits per heavy atom. The molecule has 6 nitrogen and oxygen atoms in total. The minimum absolute atomic E-state index is 0.0428. The average molecular weight is 233 g/mol. The molecule has 0 bridgehead atoms. The second-order valence-corrected chi connectivity index (χ2v) is 4.80. The summed E-state index contributed by atoms with van der Waals surface area (Å²) >= 11 is 0. The van der Waals surface area contributed by atoms with Crippen LogP contribution in [0.25, 0.3) is 0 Å². The summed E-state index contributed by atoms with van der Waals surface area (Å²) in [6.07, 6.45) is 0.313. The second kappa shape index (κ2) is 4.34. The second-order valence-electron chi connectivity index (χ2n) is 4.80. The van der Waals surface area contributed by atoms with Crippen molar-refractivity contribution in [2.45, 2.75) is 32.7 Å². The van der Waals surface area contributed by atoms with E-state index in [0.717, 1.165) is 0 Å². The highest BCUT2D eigenvalue weighted by atomic mass is 16.6. The van der Waals surface area contributed by atoms with Crippen molar-refractivity contribution in [3.63, 3.8) is 0 Å². The van der Waals surface area contributed by atoms with Gasteiger partial charge in [0.05, 0.1) is 0 Å². The predicted molar refractivity (Wildman–Crippen MR) is 57.1 cm³/mol. The highest BCUT2D eigenvalue weighted by molar-refractivity contribution is 5.88. The van der Waals surface area contributed by atoms with E-state index in [2.05, 4.69) is 0 Å². The Bertz CT molecular complexity index is 475. The highest BCUT2D eigenvalue weighted by Gasteiger charge is 2.45. The molecule has 1 unspecified atom stereocenters. The van der Waals surface area contributed by atoms with Crippen LogP contribution in [-0.4, -0.2) is 16.7 Å². The molecule has 0 aromatic rings. The molecule has 1 aliphatic rings. The third-order valence-corrected chi connectivity index (χ3v) is 2.71. The lowest BCUT2D eigenvalue weighted by atomic mass is 9.71. The summed E-state index contributed by atoms with van der Waals surface area (Å²) in [6.45, 7) is 3.57. The highest BCUT2D eigenvalue weighted by Crippen LogP contribution is 2.38. The molecule has 0 N–H and O–H groups in total. The number of hydrogen-bond donors (Lipinski definition) is 0. The van der Waals surface area contributed by atoms with Crippen LogP contribution in [-0.2, 0) is 4.79 Å². The molecule has 1 saturated carbocycles. The maximum Gasteiger partial charge on any atom is 0.293 e. The first-order valence-electron chi connectivity index (χ1n) is 5.02. The predicted octanol–water partition coefficient (Wildman–Crippen LogP) is 1.36. The maximum absolute atomic E-state index is 11.7. The Balaban J connectivity index is 3.36. The summed E-state index contributed by atoms with van der Waals surface area (Å²) in [5.41, 5.74) is -0.716. The number of carbonyl (C=O) groups is 1. The van der Waals surface area contributed by atoms with Crippen molar-refractivity contribution in [1.29, 1.82) is 10.5 Å². The average Bonchev–Trinajstić information content (AvgIpc) is 2.15. The van der Waals surface area contributed by atoms with Crippen LogP contribution in [0.1, 0.15) is 26.7 Å². The van der Waals surface area contributed by atoms with Crippen molar-refractivity contribution in [2.24, 2.45) is 5.41 Å². The lowest BCUT2D eigenvalue weighted by Gasteiger charge is -2.31. The Kier molecular flexibility index (Phi) is 3.28. The molecule has 1 aliphatic carbocycles. The number of rotatable bonds is 1. The first kappa shape index (κ1) is 12.9. The summed E-state index contributed by atoms with van der Waals surface area (Å²) in [6, 6.07) is 1.72. The van der Waals surface area contributed by atoms with Crippen molar-refractivity contribution >= 4 is 5.78 Å². The molecule has 0 spiro atoms. The quantitative estimate of drug-likeness (QED) is 0.386. The van der Waals surface area contributed by atoms with Gasteiger partial charge in [0, 0.05) is 16.9 Å². The van der Waals surface area contributed by atoms with Gasteiger partial charge in [-0.2, -0.15) is 10.5 Å². The molecule has 0 aliphatic heterocycles. The van der Waals surface area contributed by atoms with Crippen LogP contribution in [0.5, 0.6) is 0 Å². The fraction of sp³-hybridized carbons (Fsp3) is 0.545. The van der Waals surface area contributed by atoms with Gasteiger partial charge in [0.15, 0.2) is 0 Å². The third kappa shape index (κ3) is 2.48. The van der Waals surface area contributed by atoms with Gasteiger partial charge in [-0.25, -0.2) is 0 Å². The van der Waals surface area contributed by atoms with E-state index in [1.165, 1.54) is 0 Å². The van der Waals surface area contributed by atoms with Crippen LogP contribution in [0.4, 0.5) is 0 Å². The topological polar surface area (TPSA) is 108 Å². The number of nitro groups is 1. The smallest absolute Gasteiger partial charge is 0.292 e. The van der Waals surface area contributed by atoms with E-state index in [1.807, 2.05) is 0 Å². The van der Waals surface area contributed by atoms with Gasteiger partial charge in [-0.3, -0.25) is 14.9 Å². The standard InChI is InChI=1S/C11H11N3O3/c1-11(2)3-8(7(5-12)6-13)10(14(16)17)9(15)4-11/h10H,3-4H2,1-2H3. The molecule has 0 saturated heterocycles. The van der Waals surface area contributed by atoms with Crippen LogP contribution in [0.2, 0.25) is 0 Å². The summed E-state index contributed by atoms with van der Waals surface area (Å²) in [5, 5.41) is 28.4. The molecule has 1 fully saturated rings. The lowest BCUT2D eigenvalue weighted by Crippen LogP contribution is -2.41. The molecule has 1 rings (SSSR count). The van der Waals surface area contributed by atoms with Crippen LogP contribution >= 0.6 is 0 Å².